The number of halogens is 2. The van der Waals surface area contributed by atoms with Gasteiger partial charge in [0.25, 0.3) is 0 Å². The second-order valence-corrected chi connectivity index (χ2v) is 3.14. The van der Waals surface area contributed by atoms with Crippen LogP contribution in [-0.4, -0.2) is 17.0 Å². The molecule has 0 radical (unpaired) electrons. The molecule has 1 aromatic heterocycles. The summed E-state index contributed by atoms with van der Waals surface area (Å²) in [5.41, 5.74) is 0.0800. The van der Waals surface area contributed by atoms with Crippen molar-refractivity contribution < 1.29 is 8.78 Å². The zero-order chi connectivity index (χ0) is 11.5. The van der Waals surface area contributed by atoms with Gasteiger partial charge >= 0.3 is 0 Å². The molecule has 0 unspecified atom stereocenters. The number of aromatic nitrogens is 2. The quantitative estimate of drug-likeness (QED) is 0.846. The van der Waals surface area contributed by atoms with Crippen LogP contribution in [0.1, 0.15) is 0 Å². The molecule has 82 valence electrons. The van der Waals surface area contributed by atoms with Crippen LogP contribution in [0.15, 0.2) is 30.6 Å². The first kappa shape index (κ1) is 10.5. The van der Waals surface area contributed by atoms with E-state index in [2.05, 4.69) is 15.3 Å². The average Bonchev–Trinajstić information content (AvgIpc) is 2.29. The molecular formula is C11H9F2N3. The SMILES string of the molecule is CNc1cc(-c2c(F)cccc2F)ncn1. The zero-order valence-electron chi connectivity index (χ0n) is 8.54. The Morgan fingerprint density at radius 3 is 2.44 bits per heavy atom. The maximum absolute atomic E-state index is 13.5. The Bertz CT molecular complexity index is 494. The molecule has 0 aliphatic heterocycles. The monoisotopic (exact) mass is 221 g/mol. The molecule has 2 rings (SSSR count). The minimum absolute atomic E-state index is 0.138. The van der Waals surface area contributed by atoms with Crippen molar-refractivity contribution in [2.75, 3.05) is 12.4 Å². The van der Waals surface area contributed by atoms with Crippen LogP contribution in [0.3, 0.4) is 0 Å². The fourth-order valence-corrected chi connectivity index (χ4v) is 1.37. The van der Waals surface area contributed by atoms with Crippen LogP contribution < -0.4 is 5.32 Å². The van der Waals surface area contributed by atoms with E-state index in [0.717, 1.165) is 0 Å². The summed E-state index contributed by atoms with van der Waals surface area (Å²) < 4.78 is 26.9. The molecule has 0 bridgehead atoms. The minimum Gasteiger partial charge on any atom is -0.373 e. The van der Waals surface area contributed by atoms with Crippen LogP contribution in [0.25, 0.3) is 11.3 Å². The molecule has 1 heterocycles. The number of anilines is 1. The Labute approximate surface area is 91.2 Å². The van der Waals surface area contributed by atoms with Crippen molar-refractivity contribution in [3.8, 4) is 11.3 Å². The van der Waals surface area contributed by atoms with Crippen LogP contribution in [0.2, 0.25) is 0 Å². The van der Waals surface area contributed by atoms with Crippen molar-refractivity contribution in [1.29, 1.82) is 0 Å². The molecule has 0 saturated heterocycles. The first-order valence-corrected chi connectivity index (χ1v) is 4.66. The van der Waals surface area contributed by atoms with Gasteiger partial charge in [-0.1, -0.05) is 6.07 Å². The third-order valence-corrected chi connectivity index (χ3v) is 2.14. The van der Waals surface area contributed by atoms with Gasteiger partial charge in [0.05, 0.1) is 11.3 Å². The minimum atomic E-state index is -0.638. The Hall–Kier alpha value is -2.04. The predicted octanol–water partition coefficient (Wildman–Crippen LogP) is 2.46. The summed E-state index contributed by atoms with van der Waals surface area (Å²) in [6.45, 7) is 0. The van der Waals surface area contributed by atoms with E-state index in [1.54, 1.807) is 7.05 Å². The molecule has 0 atom stereocenters. The molecule has 0 amide bonds. The van der Waals surface area contributed by atoms with Crippen molar-refractivity contribution in [3.63, 3.8) is 0 Å². The van der Waals surface area contributed by atoms with Gasteiger partial charge in [0.2, 0.25) is 0 Å². The summed E-state index contributed by atoms with van der Waals surface area (Å²) >= 11 is 0. The van der Waals surface area contributed by atoms with E-state index in [1.807, 2.05) is 0 Å². The highest BCUT2D eigenvalue weighted by molar-refractivity contribution is 5.63. The van der Waals surface area contributed by atoms with Gasteiger partial charge in [0, 0.05) is 13.1 Å². The third kappa shape index (κ3) is 1.84. The number of rotatable bonds is 2. The van der Waals surface area contributed by atoms with Gasteiger partial charge in [0.1, 0.15) is 23.8 Å². The number of nitrogens with zero attached hydrogens (tertiary/aromatic N) is 2. The smallest absolute Gasteiger partial charge is 0.135 e. The molecule has 2 aromatic rings. The van der Waals surface area contributed by atoms with Crippen LogP contribution in [0.5, 0.6) is 0 Å². The number of hydrogen-bond acceptors (Lipinski definition) is 3. The summed E-state index contributed by atoms with van der Waals surface area (Å²) in [6, 6.07) is 5.19. The largest absolute Gasteiger partial charge is 0.373 e. The van der Waals surface area contributed by atoms with Crippen LogP contribution in [-0.2, 0) is 0 Å². The van der Waals surface area contributed by atoms with E-state index in [-0.39, 0.29) is 11.3 Å². The van der Waals surface area contributed by atoms with E-state index in [1.165, 1.54) is 30.6 Å². The molecular weight excluding hydrogens is 212 g/mol. The molecule has 1 N–H and O–H groups in total. The molecule has 0 spiro atoms. The van der Waals surface area contributed by atoms with Crippen molar-refractivity contribution in [2.24, 2.45) is 0 Å². The lowest BCUT2D eigenvalue weighted by atomic mass is 10.1. The molecule has 0 aliphatic rings. The topological polar surface area (TPSA) is 37.8 Å². The zero-order valence-corrected chi connectivity index (χ0v) is 8.54. The van der Waals surface area contributed by atoms with E-state index in [9.17, 15) is 8.78 Å². The van der Waals surface area contributed by atoms with Crippen molar-refractivity contribution in [3.05, 3.63) is 42.2 Å². The second-order valence-electron chi connectivity index (χ2n) is 3.14. The van der Waals surface area contributed by atoms with Crippen LogP contribution in [0.4, 0.5) is 14.6 Å². The lowest BCUT2D eigenvalue weighted by molar-refractivity contribution is 0.588. The van der Waals surface area contributed by atoms with Gasteiger partial charge in [-0.2, -0.15) is 0 Å². The average molecular weight is 221 g/mol. The lowest BCUT2D eigenvalue weighted by Gasteiger charge is -2.05. The normalized spacial score (nSPS) is 10.2. The van der Waals surface area contributed by atoms with Gasteiger partial charge in [-0.3, -0.25) is 0 Å². The first-order chi connectivity index (χ1) is 7.72. The summed E-state index contributed by atoms with van der Waals surface area (Å²) in [4.78, 5) is 7.72. The molecule has 1 aromatic carbocycles. The van der Waals surface area contributed by atoms with Crippen LogP contribution in [0, 0.1) is 11.6 Å². The summed E-state index contributed by atoms with van der Waals surface area (Å²) in [7, 11) is 1.67. The highest BCUT2D eigenvalue weighted by atomic mass is 19.1. The van der Waals surface area contributed by atoms with E-state index < -0.39 is 11.6 Å². The van der Waals surface area contributed by atoms with Gasteiger partial charge < -0.3 is 5.32 Å². The van der Waals surface area contributed by atoms with Crippen LogP contribution >= 0.6 is 0 Å². The van der Waals surface area contributed by atoms with E-state index >= 15 is 0 Å². The Kier molecular flexibility index (Phi) is 2.76. The third-order valence-electron chi connectivity index (χ3n) is 2.14. The van der Waals surface area contributed by atoms with E-state index in [4.69, 9.17) is 0 Å². The predicted molar refractivity (Wildman–Crippen MR) is 56.9 cm³/mol. The van der Waals surface area contributed by atoms with E-state index in [0.29, 0.717) is 5.82 Å². The Balaban J connectivity index is 2.58. The maximum Gasteiger partial charge on any atom is 0.135 e. The summed E-state index contributed by atoms with van der Waals surface area (Å²) in [5, 5.41) is 2.78. The van der Waals surface area contributed by atoms with Crippen molar-refractivity contribution in [1.82, 2.24) is 9.97 Å². The number of nitrogens with one attached hydrogen (secondary N) is 1. The molecule has 16 heavy (non-hydrogen) atoms. The van der Waals surface area contributed by atoms with Crippen molar-refractivity contribution in [2.45, 2.75) is 0 Å². The highest BCUT2D eigenvalue weighted by Gasteiger charge is 2.12. The highest BCUT2D eigenvalue weighted by Crippen LogP contribution is 2.24. The standard InChI is InChI=1S/C11H9F2N3/c1-14-10-5-9(15-6-16-10)11-7(12)3-2-4-8(11)13/h2-6H,1H3,(H,14,15,16). The van der Waals surface area contributed by atoms with Gasteiger partial charge in [-0.15, -0.1) is 0 Å². The molecule has 0 aliphatic carbocycles. The Morgan fingerprint density at radius 1 is 1.12 bits per heavy atom. The number of benzene rings is 1. The second kappa shape index (κ2) is 4.22. The summed E-state index contributed by atoms with van der Waals surface area (Å²) in [5.74, 6) is -0.769. The molecule has 0 saturated carbocycles. The summed E-state index contributed by atoms with van der Waals surface area (Å²) in [6.07, 6.45) is 1.26. The number of hydrogen-bond donors (Lipinski definition) is 1. The maximum atomic E-state index is 13.5. The van der Waals surface area contributed by atoms with Gasteiger partial charge in [-0.25, -0.2) is 18.7 Å². The first-order valence-electron chi connectivity index (χ1n) is 4.66. The van der Waals surface area contributed by atoms with Crippen molar-refractivity contribution >= 4 is 5.82 Å². The Morgan fingerprint density at radius 2 is 1.81 bits per heavy atom. The fourth-order valence-electron chi connectivity index (χ4n) is 1.37. The molecule has 3 nitrogen and oxygen atoms in total. The lowest BCUT2D eigenvalue weighted by Crippen LogP contribution is -1.97. The molecule has 0 fully saturated rings. The molecule has 5 heteroatoms. The van der Waals surface area contributed by atoms with Gasteiger partial charge in [-0.05, 0) is 12.1 Å². The van der Waals surface area contributed by atoms with Gasteiger partial charge in [0.15, 0.2) is 0 Å². The fraction of sp³-hybridized carbons (Fsp3) is 0.0909.